The number of pyridine rings is 1. The highest BCUT2D eigenvalue weighted by atomic mass is 35.5. The molecule has 2 rings (SSSR count). The Kier molecular flexibility index (Phi) is 4.19. The quantitative estimate of drug-likeness (QED) is 0.920. The number of hydrogen-bond donors (Lipinski definition) is 1. The summed E-state index contributed by atoms with van der Waals surface area (Å²) >= 11 is 5.95. The lowest BCUT2D eigenvalue weighted by molar-refractivity contribution is -0.274. The Hall–Kier alpha value is -2.46. The molecule has 1 N–H and O–H groups in total. The van der Waals surface area contributed by atoms with Crippen molar-refractivity contribution < 1.29 is 17.9 Å². The van der Waals surface area contributed by atoms with Gasteiger partial charge >= 0.3 is 6.36 Å². The minimum absolute atomic E-state index is 0.0853. The van der Waals surface area contributed by atoms with Gasteiger partial charge in [0, 0.05) is 18.0 Å². The second kappa shape index (κ2) is 5.89. The van der Waals surface area contributed by atoms with E-state index in [2.05, 4.69) is 15.0 Å². The summed E-state index contributed by atoms with van der Waals surface area (Å²) in [6.45, 7) is 0. The molecule has 1 heterocycles. The predicted molar refractivity (Wildman–Crippen MR) is 70.4 cm³/mol. The zero-order valence-corrected chi connectivity index (χ0v) is 11.0. The number of benzene rings is 1. The summed E-state index contributed by atoms with van der Waals surface area (Å²) in [5.74, 6) is -0.208. The molecule has 0 unspecified atom stereocenters. The Morgan fingerprint density at radius 1 is 1.29 bits per heavy atom. The molecule has 108 valence electrons. The van der Waals surface area contributed by atoms with Crippen LogP contribution < -0.4 is 10.1 Å². The van der Waals surface area contributed by atoms with Gasteiger partial charge in [0.15, 0.2) is 5.82 Å². The van der Waals surface area contributed by atoms with Gasteiger partial charge in [-0.25, -0.2) is 4.98 Å². The van der Waals surface area contributed by atoms with E-state index in [1.54, 1.807) is 0 Å². The van der Waals surface area contributed by atoms with Crippen LogP contribution in [-0.2, 0) is 0 Å². The number of anilines is 2. The number of nitrogens with one attached hydrogen (secondary N) is 1. The van der Waals surface area contributed by atoms with Crippen molar-refractivity contribution in [1.82, 2.24) is 4.98 Å². The van der Waals surface area contributed by atoms with Crippen molar-refractivity contribution in [1.29, 1.82) is 5.26 Å². The number of rotatable bonds is 3. The lowest BCUT2D eigenvalue weighted by Crippen LogP contribution is -2.17. The fourth-order valence-corrected chi connectivity index (χ4v) is 1.73. The maximum Gasteiger partial charge on any atom is 0.573 e. The molecule has 4 nitrogen and oxygen atoms in total. The molecule has 0 aliphatic carbocycles. The number of alkyl halides is 3. The summed E-state index contributed by atoms with van der Waals surface area (Å²) in [6.07, 6.45) is -3.40. The monoisotopic (exact) mass is 313 g/mol. The molecule has 0 saturated carbocycles. The molecule has 21 heavy (non-hydrogen) atoms. The molecule has 0 bridgehead atoms. The van der Waals surface area contributed by atoms with Crippen LogP contribution in [0.15, 0.2) is 36.5 Å². The van der Waals surface area contributed by atoms with E-state index in [-0.39, 0.29) is 22.2 Å². The Labute approximate surface area is 122 Å². The number of hydrogen-bond acceptors (Lipinski definition) is 4. The molecule has 1 aromatic heterocycles. The van der Waals surface area contributed by atoms with E-state index in [0.29, 0.717) is 5.69 Å². The molecular weight excluding hydrogens is 307 g/mol. The van der Waals surface area contributed by atoms with Crippen molar-refractivity contribution in [2.24, 2.45) is 0 Å². The van der Waals surface area contributed by atoms with Crippen molar-refractivity contribution in [3.63, 3.8) is 0 Å². The van der Waals surface area contributed by atoms with Gasteiger partial charge in [-0.15, -0.1) is 13.2 Å². The fourth-order valence-electron chi connectivity index (χ4n) is 1.52. The van der Waals surface area contributed by atoms with Gasteiger partial charge in [0.1, 0.15) is 16.8 Å². The maximum atomic E-state index is 12.2. The van der Waals surface area contributed by atoms with E-state index < -0.39 is 6.36 Å². The first kappa shape index (κ1) is 14.9. The van der Waals surface area contributed by atoms with Crippen LogP contribution in [-0.4, -0.2) is 11.3 Å². The Morgan fingerprint density at radius 2 is 2.05 bits per heavy atom. The van der Waals surface area contributed by atoms with Gasteiger partial charge in [-0.05, 0) is 18.2 Å². The van der Waals surface area contributed by atoms with Crippen LogP contribution in [0.25, 0.3) is 0 Å². The third-order valence-corrected chi connectivity index (χ3v) is 2.72. The van der Waals surface area contributed by atoms with Crippen LogP contribution >= 0.6 is 11.6 Å². The number of halogens is 4. The molecule has 0 aliphatic heterocycles. The first-order chi connectivity index (χ1) is 9.89. The molecule has 0 amide bonds. The molecule has 1 aromatic carbocycles. The highest BCUT2D eigenvalue weighted by Crippen LogP contribution is 2.29. The highest BCUT2D eigenvalue weighted by Gasteiger charge is 2.31. The molecule has 0 aliphatic rings. The predicted octanol–water partition coefficient (Wildman–Crippen LogP) is 4.25. The summed E-state index contributed by atoms with van der Waals surface area (Å²) in [7, 11) is 0. The van der Waals surface area contributed by atoms with Crippen molar-refractivity contribution in [2.75, 3.05) is 5.32 Å². The lowest BCUT2D eigenvalue weighted by Gasteiger charge is -2.11. The van der Waals surface area contributed by atoms with Gasteiger partial charge in [-0.2, -0.15) is 5.26 Å². The zero-order valence-electron chi connectivity index (χ0n) is 10.3. The number of ether oxygens (including phenoxy) is 1. The molecule has 0 spiro atoms. The zero-order chi connectivity index (χ0) is 15.5. The average molecular weight is 314 g/mol. The molecular formula is C13H7ClF3N3O. The van der Waals surface area contributed by atoms with Crippen LogP contribution in [0.3, 0.4) is 0 Å². The molecule has 2 aromatic rings. The normalized spacial score (nSPS) is 10.8. The first-order valence-corrected chi connectivity index (χ1v) is 5.94. The SMILES string of the molecule is N#Cc1ccnc(Nc2cccc(OC(F)(F)F)c2)c1Cl. The second-order valence-corrected chi connectivity index (χ2v) is 4.21. The number of aromatic nitrogens is 1. The third-order valence-electron chi connectivity index (χ3n) is 2.34. The van der Waals surface area contributed by atoms with Gasteiger partial charge in [-0.3, -0.25) is 0 Å². The average Bonchev–Trinajstić information content (AvgIpc) is 2.40. The summed E-state index contributed by atoms with van der Waals surface area (Å²) in [5.41, 5.74) is 0.498. The van der Waals surface area contributed by atoms with Crippen LogP contribution in [0, 0.1) is 11.3 Å². The third kappa shape index (κ3) is 4.00. The Balaban J connectivity index is 2.25. The molecule has 0 fully saturated rings. The van der Waals surface area contributed by atoms with Crippen molar-refractivity contribution in [2.45, 2.75) is 6.36 Å². The van der Waals surface area contributed by atoms with Crippen LogP contribution in [0.2, 0.25) is 5.02 Å². The van der Waals surface area contributed by atoms with Gasteiger partial charge < -0.3 is 10.1 Å². The Bertz CT molecular complexity index is 698. The van der Waals surface area contributed by atoms with Crippen LogP contribution in [0.4, 0.5) is 24.7 Å². The number of nitrogens with zero attached hydrogens (tertiary/aromatic N) is 2. The number of nitriles is 1. The standard InChI is InChI=1S/C13H7ClF3N3O/c14-11-8(7-18)4-5-19-12(11)20-9-2-1-3-10(6-9)21-13(15,16)17/h1-6H,(H,19,20). The first-order valence-electron chi connectivity index (χ1n) is 5.56. The fraction of sp³-hybridized carbons (Fsp3) is 0.0769. The minimum atomic E-state index is -4.77. The highest BCUT2D eigenvalue weighted by molar-refractivity contribution is 6.34. The van der Waals surface area contributed by atoms with Gasteiger partial charge in [0.05, 0.1) is 5.56 Å². The largest absolute Gasteiger partial charge is 0.573 e. The summed E-state index contributed by atoms with van der Waals surface area (Å²) in [6, 6.07) is 8.51. The van der Waals surface area contributed by atoms with Crippen LogP contribution in [0.1, 0.15) is 5.56 Å². The van der Waals surface area contributed by atoms with Crippen molar-refractivity contribution in [3.8, 4) is 11.8 Å². The topological polar surface area (TPSA) is 57.9 Å². The maximum absolute atomic E-state index is 12.2. The van der Waals surface area contributed by atoms with E-state index >= 15 is 0 Å². The van der Waals surface area contributed by atoms with Crippen molar-refractivity contribution in [3.05, 3.63) is 47.1 Å². The van der Waals surface area contributed by atoms with E-state index in [0.717, 1.165) is 6.07 Å². The summed E-state index contributed by atoms with van der Waals surface area (Å²) in [4.78, 5) is 3.93. The second-order valence-electron chi connectivity index (χ2n) is 3.83. The summed E-state index contributed by atoms with van der Waals surface area (Å²) in [5, 5.41) is 11.7. The van der Waals surface area contributed by atoms with Crippen LogP contribution in [0.5, 0.6) is 5.75 Å². The smallest absolute Gasteiger partial charge is 0.406 e. The van der Waals surface area contributed by atoms with Gasteiger partial charge in [0.25, 0.3) is 0 Å². The molecule has 0 saturated heterocycles. The van der Waals surface area contributed by atoms with Gasteiger partial charge in [0.2, 0.25) is 0 Å². The van der Waals surface area contributed by atoms with E-state index in [4.69, 9.17) is 16.9 Å². The minimum Gasteiger partial charge on any atom is -0.406 e. The molecule has 0 atom stereocenters. The van der Waals surface area contributed by atoms with E-state index in [1.165, 1.54) is 30.5 Å². The van der Waals surface area contributed by atoms with E-state index in [9.17, 15) is 13.2 Å². The van der Waals surface area contributed by atoms with Gasteiger partial charge in [-0.1, -0.05) is 17.7 Å². The Morgan fingerprint density at radius 3 is 2.71 bits per heavy atom. The van der Waals surface area contributed by atoms with Crippen molar-refractivity contribution >= 4 is 23.1 Å². The molecule has 8 heteroatoms. The lowest BCUT2D eigenvalue weighted by atomic mass is 10.2. The van der Waals surface area contributed by atoms with E-state index in [1.807, 2.05) is 6.07 Å². The molecule has 0 radical (unpaired) electrons. The summed E-state index contributed by atoms with van der Waals surface area (Å²) < 4.78 is 40.3.